The van der Waals surface area contributed by atoms with Crippen molar-refractivity contribution in [2.45, 2.75) is 0 Å². The number of nitrogens with zero attached hydrogens (tertiary/aromatic N) is 2. The monoisotopic (exact) mass is 398 g/mol. The summed E-state index contributed by atoms with van der Waals surface area (Å²) >= 11 is 23.5. The van der Waals surface area contributed by atoms with Gasteiger partial charge in [0.2, 0.25) is 5.96 Å². The molecule has 0 saturated carbocycles. The van der Waals surface area contributed by atoms with E-state index in [-0.39, 0.29) is 0 Å². The Kier molecular flexibility index (Phi) is 5.46. The Labute approximate surface area is 160 Å². The first-order chi connectivity index (χ1) is 11.5. The highest BCUT2D eigenvalue weighted by Gasteiger charge is 2.21. The Morgan fingerprint density at radius 3 is 2.42 bits per heavy atom. The fourth-order valence-corrected chi connectivity index (χ4v) is 3.28. The lowest BCUT2D eigenvalue weighted by molar-refractivity contribution is 0.674. The molecule has 24 heavy (non-hydrogen) atoms. The second-order valence-electron chi connectivity index (χ2n) is 5.08. The summed E-state index contributed by atoms with van der Waals surface area (Å²) in [7, 11) is 0. The van der Waals surface area contributed by atoms with E-state index in [0.717, 1.165) is 11.4 Å². The average molecular weight is 400 g/mol. The summed E-state index contributed by atoms with van der Waals surface area (Å²) < 4.78 is 0. The van der Waals surface area contributed by atoms with E-state index in [1.165, 1.54) is 0 Å². The van der Waals surface area contributed by atoms with Crippen LogP contribution in [0.5, 0.6) is 0 Å². The Balaban J connectivity index is 1.71. The molecule has 0 aliphatic carbocycles. The SMILES string of the molecule is S=C(Nc1cccc(Cl)c1)N1CCN=C1Nc1cc(Cl)cc(Cl)c1. The van der Waals surface area contributed by atoms with Crippen LogP contribution in [0.2, 0.25) is 15.1 Å². The number of guanidine groups is 1. The first-order valence-electron chi connectivity index (χ1n) is 7.13. The molecule has 0 amide bonds. The van der Waals surface area contributed by atoms with E-state index < -0.39 is 0 Å². The Morgan fingerprint density at radius 1 is 1.00 bits per heavy atom. The van der Waals surface area contributed by atoms with Gasteiger partial charge in [-0.2, -0.15) is 0 Å². The third kappa shape index (κ3) is 4.30. The van der Waals surface area contributed by atoms with Gasteiger partial charge in [0.1, 0.15) is 0 Å². The molecule has 0 aromatic heterocycles. The first-order valence-corrected chi connectivity index (χ1v) is 8.67. The molecular formula is C16H13Cl3N4S. The molecule has 4 nitrogen and oxygen atoms in total. The van der Waals surface area contributed by atoms with Crippen LogP contribution in [-0.2, 0) is 0 Å². The summed E-state index contributed by atoms with van der Waals surface area (Å²) in [6, 6.07) is 12.6. The highest BCUT2D eigenvalue weighted by Crippen LogP contribution is 2.23. The zero-order valence-electron chi connectivity index (χ0n) is 12.4. The smallest absolute Gasteiger partial charge is 0.204 e. The third-order valence-electron chi connectivity index (χ3n) is 3.28. The molecular weight excluding hydrogens is 387 g/mol. The molecule has 0 atom stereocenters. The fraction of sp³-hybridized carbons (Fsp3) is 0.125. The van der Waals surface area contributed by atoms with E-state index in [1.807, 2.05) is 29.2 Å². The average Bonchev–Trinajstić information content (AvgIpc) is 2.94. The third-order valence-corrected chi connectivity index (χ3v) is 4.27. The summed E-state index contributed by atoms with van der Waals surface area (Å²) in [5.74, 6) is 0.646. The van der Waals surface area contributed by atoms with E-state index in [0.29, 0.717) is 39.2 Å². The largest absolute Gasteiger partial charge is 0.332 e. The number of rotatable bonds is 2. The van der Waals surface area contributed by atoms with Crippen LogP contribution in [0.1, 0.15) is 0 Å². The van der Waals surface area contributed by atoms with Gasteiger partial charge >= 0.3 is 0 Å². The molecule has 124 valence electrons. The summed E-state index contributed by atoms with van der Waals surface area (Å²) in [5.41, 5.74) is 1.58. The van der Waals surface area contributed by atoms with Gasteiger partial charge in [0, 0.05) is 33.0 Å². The van der Waals surface area contributed by atoms with Gasteiger partial charge in [-0.15, -0.1) is 0 Å². The minimum atomic E-state index is 0.536. The number of hydrogen-bond acceptors (Lipinski definition) is 3. The second-order valence-corrected chi connectivity index (χ2v) is 6.78. The van der Waals surface area contributed by atoms with Crippen molar-refractivity contribution in [2.24, 2.45) is 4.99 Å². The highest BCUT2D eigenvalue weighted by molar-refractivity contribution is 7.80. The Bertz CT molecular complexity index is 789. The van der Waals surface area contributed by atoms with Crippen LogP contribution in [0.25, 0.3) is 0 Å². The number of benzene rings is 2. The molecule has 0 bridgehead atoms. The number of aliphatic imine (C=N–C) groups is 1. The van der Waals surface area contributed by atoms with Gasteiger partial charge in [0.25, 0.3) is 0 Å². The summed E-state index contributed by atoms with van der Waals surface area (Å²) in [6.45, 7) is 1.33. The van der Waals surface area contributed by atoms with E-state index in [1.54, 1.807) is 18.2 Å². The van der Waals surface area contributed by atoms with Gasteiger partial charge in [0.15, 0.2) is 5.11 Å². The molecule has 1 aliphatic heterocycles. The van der Waals surface area contributed by atoms with Crippen molar-refractivity contribution in [1.82, 2.24) is 4.90 Å². The predicted octanol–water partition coefficient (Wildman–Crippen LogP) is 5.13. The zero-order valence-corrected chi connectivity index (χ0v) is 15.5. The minimum Gasteiger partial charge on any atom is -0.332 e. The molecule has 2 aromatic rings. The molecule has 2 aromatic carbocycles. The van der Waals surface area contributed by atoms with Gasteiger partial charge in [-0.25, -0.2) is 0 Å². The molecule has 0 saturated heterocycles. The minimum absolute atomic E-state index is 0.536. The molecule has 0 spiro atoms. The van der Waals surface area contributed by atoms with Gasteiger partial charge in [-0.1, -0.05) is 40.9 Å². The van der Waals surface area contributed by atoms with Crippen molar-refractivity contribution >= 4 is 69.5 Å². The standard InChI is InChI=1S/C16H13Cl3N4S/c17-10-2-1-3-13(7-10)22-16(24)23-5-4-20-15(23)21-14-8-11(18)6-12(19)9-14/h1-3,6-9H,4-5H2,(H,20,21)(H,22,24). The molecule has 0 unspecified atom stereocenters. The number of anilines is 2. The number of thiocarbonyl (C=S) groups is 1. The topological polar surface area (TPSA) is 39.7 Å². The van der Waals surface area contributed by atoms with Gasteiger partial charge in [-0.3, -0.25) is 9.89 Å². The van der Waals surface area contributed by atoms with Crippen LogP contribution in [-0.4, -0.2) is 29.1 Å². The predicted molar refractivity (Wildman–Crippen MR) is 107 cm³/mol. The maximum Gasteiger partial charge on any atom is 0.204 e. The van der Waals surface area contributed by atoms with Crippen molar-refractivity contribution in [2.75, 3.05) is 23.7 Å². The van der Waals surface area contributed by atoms with Crippen LogP contribution in [0.3, 0.4) is 0 Å². The van der Waals surface area contributed by atoms with E-state index >= 15 is 0 Å². The highest BCUT2D eigenvalue weighted by atomic mass is 35.5. The van der Waals surface area contributed by atoms with Crippen LogP contribution < -0.4 is 10.6 Å². The van der Waals surface area contributed by atoms with Gasteiger partial charge < -0.3 is 10.6 Å². The summed E-state index contributed by atoms with van der Waals surface area (Å²) in [6.07, 6.45) is 0. The lowest BCUT2D eigenvalue weighted by atomic mass is 10.3. The van der Waals surface area contributed by atoms with E-state index in [2.05, 4.69) is 15.6 Å². The van der Waals surface area contributed by atoms with Gasteiger partial charge in [-0.05, 0) is 48.6 Å². The lowest BCUT2D eigenvalue weighted by Gasteiger charge is -2.22. The van der Waals surface area contributed by atoms with Crippen molar-refractivity contribution in [3.8, 4) is 0 Å². The molecule has 8 heteroatoms. The maximum atomic E-state index is 6.03. The van der Waals surface area contributed by atoms with Gasteiger partial charge in [0.05, 0.1) is 6.54 Å². The summed E-state index contributed by atoms with van der Waals surface area (Å²) in [4.78, 5) is 6.32. The maximum absolute atomic E-state index is 6.03. The molecule has 1 aliphatic rings. The molecule has 3 rings (SSSR count). The van der Waals surface area contributed by atoms with Crippen molar-refractivity contribution in [3.63, 3.8) is 0 Å². The van der Waals surface area contributed by atoms with E-state index in [9.17, 15) is 0 Å². The van der Waals surface area contributed by atoms with E-state index in [4.69, 9.17) is 47.0 Å². The van der Waals surface area contributed by atoms with Crippen LogP contribution in [0.15, 0.2) is 47.5 Å². The first kappa shape index (κ1) is 17.3. The molecule has 0 radical (unpaired) electrons. The normalized spacial score (nSPS) is 13.6. The lowest BCUT2D eigenvalue weighted by Crippen LogP contribution is -2.40. The van der Waals surface area contributed by atoms with Crippen LogP contribution in [0.4, 0.5) is 11.4 Å². The molecule has 0 fully saturated rings. The quantitative estimate of drug-likeness (QED) is 0.687. The van der Waals surface area contributed by atoms with Crippen LogP contribution in [0, 0.1) is 0 Å². The number of nitrogens with one attached hydrogen (secondary N) is 2. The Hall–Kier alpha value is -1.53. The number of halogens is 3. The molecule has 2 N–H and O–H groups in total. The summed E-state index contributed by atoms with van der Waals surface area (Å²) in [5, 5.41) is 8.65. The van der Waals surface area contributed by atoms with Crippen molar-refractivity contribution in [1.29, 1.82) is 0 Å². The number of hydrogen-bond donors (Lipinski definition) is 2. The van der Waals surface area contributed by atoms with Crippen molar-refractivity contribution < 1.29 is 0 Å². The second kappa shape index (κ2) is 7.57. The van der Waals surface area contributed by atoms with Crippen molar-refractivity contribution in [3.05, 3.63) is 57.5 Å². The zero-order chi connectivity index (χ0) is 17.1. The molecule has 1 heterocycles. The fourth-order valence-electron chi connectivity index (χ4n) is 2.26. The Morgan fingerprint density at radius 2 is 1.71 bits per heavy atom. The van der Waals surface area contributed by atoms with Crippen LogP contribution >= 0.6 is 47.0 Å².